The lowest BCUT2D eigenvalue weighted by Crippen LogP contribution is -2.41. The monoisotopic (exact) mass is 303 g/mol. The summed E-state index contributed by atoms with van der Waals surface area (Å²) in [7, 11) is 1.25. The Morgan fingerprint density at radius 1 is 1.20 bits per heavy atom. The van der Waals surface area contributed by atoms with Crippen LogP contribution in [0.15, 0.2) is 0 Å². The van der Waals surface area contributed by atoms with Crippen molar-refractivity contribution >= 4 is 16.1 Å². The number of carbonyl (C=O) groups is 1. The molecule has 1 aliphatic heterocycles. The smallest absolute Gasteiger partial charge is 0.281 e. The first kappa shape index (κ1) is 15.7. The molecule has 0 aromatic carbocycles. The standard InChI is InChI=1S/C13H25N3O3S/c1-14(2)20(18,19)15(3)9-11-8-13(17)16(10-11)12-6-4-5-7-12/h11-12H,4-10H2,1-3H3/t11-/m1/s1. The quantitative estimate of drug-likeness (QED) is 0.744. The number of hydrogen-bond acceptors (Lipinski definition) is 3. The van der Waals surface area contributed by atoms with E-state index >= 15 is 0 Å². The number of carbonyl (C=O) groups excluding carboxylic acids is 1. The van der Waals surface area contributed by atoms with Crippen molar-refractivity contribution in [2.75, 3.05) is 34.2 Å². The van der Waals surface area contributed by atoms with Crippen molar-refractivity contribution in [1.82, 2.24) is 13.5 Å². The van der Waals surface area contributed by atoms with Gasteiger partial charge in [-0.1, -0.05) is 12.8 Å². The molecule has 7 heteroatoms. The summed E-state index contributed by atoms with van der Waals surface area (Å²) in [4.78, 5) is 14.1. The van der Waals surface area contributed by atoms with Gasteiger partial charge in [-0.3, -0.25) is 4.79 Å². The fourth-order valence-corrected chi connectivity index (χ4v) is 4.19. The van der Waals surface area contributed by atoms with E-state index in [1.54, 1.807) is 7.05 Å². The fraction of sp³-hybridized carbons (Fsp3) is 0.923. The molecule has 1 saturated carbocycles. The summed E-state index contributed by atoms with van der Waals surface area (Å²) in [6, 6.07) is 0.392. The first-order valence-electron chi connectivity index (χ1n) is 7.25. The van der Waals surface area contributed by atoms with Gasteiger partial charge in [0.05, 0.1) is 0 Å². The third-order valence-corrected chi connectivity index (χ3v) is 6.23. The van der Waals surface area contributed by atoms with Gasteiger partial charge in [0.15, 0.2) is 0 Å². The molecule has 1 aliphatic carbocycles. The number of nitrogens with zero attached hydrogens (tertiary/aromatic N) is 3. The molecule has 0 spiro atoms. The molecule has 0 aromatic rings. The number of amides is 1. The highest BCUT2D eigenvalue weighted by molar-refractivity contribution is 7.86. The average Bonchev–Trinajstić information content (AvgIpc) is 2.98. The van der Waals surface area contributed by atoms with E-state index in [4.69, 9.17) is 0 Å². The van der Waals surface area contributed by atoms with Gasteiger partial charge in [0.25, 0.3) is 10.2 Å². The molecule has 6 nitrogen and oxygen atoms in total. The molecule has 0 aromatic heterocycles. The van der Waals surface area contributed by atoms with E-state index in [1.165, 1.54) is 35.5 Å². The van der Waals surface area contributed by atoms with Gasteiger partial charge in [0, 0.05) is 46.7 Å². The van der Waals surface area contributed by atoms with Crippen molar-refractivity contribution in [2.45, 2.75) is 38.1 Å². The van der Waals surface area contributed by atoms with E-state index in [9.17, 15) is 13.2 Å². The molecule has 0 radical (unpaired) electrons. The van der Waals surface area contributed by atoms with Crippen LogP contribution in [0.4, 0.5) is 0 Å². The number of likely N-dealkylation sites (tertiary alicyclic amines) is 1. The molecule has 0 unspecified atom stereocenters. The molecule has 1 atom stereocenters. The fourth-order valence-electron chi connectivity index (χ4n) is 3.24. The minimum absolute atomic E-state index is 0.114. The minimum atomic E-state index is -3.38. The van der Waals surface area contributed by atoms with Crippen molar-refractivity contribution in [2.24, 2.45) is 5.92 Å². The van der Waals surface area contributed by atoms with E-state index in [-0.39, 0.29) is 11.8 Å². The molecule has 2 fully saturated rings. The van der Waals surface area contributed by atoms with Gasteiger partial charge in [0.1, 0.15) is 0 Å². The summed E-state index contributed by atoms with van der Waals surface area (Å²) < 4.78 is 26.5. The molecule has 2 rings (SSSR count). The second-order valence-electron chi connectivity index (χ2n) is 6.13. The Balaban J connectivity index is 1.94. The highest BCUT2D eigenvalue weighted by Crippen LogP contribution is 2.29. The molecule has 116 valence electrons. The Kier molecular flexibility index (Phi) is 4.71. The molecular weight excluding hydrogens is 278 g/mol. The van der Waals surface area contributed by atoms with Crippen LogP contribution in [0.25, 0.3) is 0 Å². The van der Waals surface area contributed by atoms with Gasteiger partial charge < -0.3 is 4.90 Å². The maximum Gasteiger partial charge on any atom is 0.281 e. The molecule has 1 amide bonds. The van der Waals surface area contributed by atoms with Crippen LogP contribution < -0.4 is 0 Å². The highest BCUT2D eigenvalue weighted by Gasteiger charge is 2.37. The first-order valence-corrected chi connectivity index (χ1v) is 8.65. The van der Waals surface area contributed by atoms with Crippen molar-refractivity contribution in [3.63, 3.8) is 0 Å². The van der Waals surface area contributed by atoms with Crippen LogP contribution in [0.2, 0.25) is 0 Å². The van der Waals surface area contributed by atoms with E-state index in [2.05, 4.69) is 0 Å². The number of hydrogen-bond donors (Lipinski definition) is 0. The minimum Gasteiger partial charge on any atom is -0.339 e. The van der Waals surface area contributed by atoms with Crippen molar-refractivity contribution < 1.29 is 13.2 Å². The van der Waals surface area contributed by atoms with Crippen LogP contribution in [-0.2, 0) is 15.0 Å². The molecule has 1 heterocycles. The average molecular weight is 303 g/mol. The Bertz CT molecular complexity index is 457. The summed E-state index contributed by atoms with van der Waals surface area (Å²) in [5.74, 6) is 0.306. The number of rotatable bonds is 5. The van der Waals surface area contributed by atoms with Gasteiger partial charge in [-0.15, -0.1) is 0 Å². The zero-order chi connectivity index (χ0) is 14.9. The summed E-state index contributed by atoms with van der Waals surface area (Å²) in [5, 5.41) is 0. The van der Waals surface area contributed by atoms with Crippen molar-refractivity contribution in [1.29, 1.82) is 0 Å². The molecule has 20 heavy (non-hydrogen) atoms. The van der Waals surface area contributed by atoms with Gasteiger partial charge >= 0.3 is 0 Å². The molecule has 0 bridgehead atoms. The van der Waals surface area contributed by atoms with Gasteiger partial charge in [-0.05, 0) is 18.8 Å². The first-order chi connectivity index (χ1) is 9.32. The highest BCUT2D eigenvalue weighted by atomic mass is 32.2. The lowest BCUT2D eigenvalue weighted by Gasteiger charge is -2.26. The summed E-state index contributed by atoms with van der Waals surface area (Å²) in [6.45, 7) is 1.12. The zero-order valence-corrected chi connectivity index (χ0v) is 13.4. The molecular formula is C13H25N3O3S. The lowest BCUT2D eigenvalue weighted by molar-refractivity contribution is -0.129. The van der Waals surface area contributed by atoms with E-state index in [0.717, 1.165) is 12.8 Å². The van der Waals surface area contributed by atoms with Gasteiger partial charge in [-0.25, -0.2) is 0 Å². The Labute approximate surface area is 121 Å². The van der Waals surface area contributed by atoms with E-state index in [1.807, 2.05) is 4.90 Å². The Hall–Kier alpha value is -0.660. The predicted octanol–water partition coefficient (Wildman–Crippen LogP) is 0.516. The second-order valence-corrected chi connectivity index (χ2v) is 8.37. The zero-order valence-electron chi connectivity index (χ0n) is 12.6. The molecule has 0 N–H and O–H groups in total. The van der Waals surface area contributed by atoms with Gasteiger partial charge in [-0.2, -0.15) is 17.0 Å². The van der Waals surface area contributed by atoms with E-state index in [0.29, 0.717) is 25.6 Å². The van der Waals surface area contributed by atoms with Crippen LogP contribution >= 0.6 is 0 Å². The summed E-state index contributed by atoms with van der Waals surface area (Å²) in [6.07, 6.45) is 5.08. The third-order valence-electron chi connectivity index (χ3n) is 4.37. The maximum atomic E-state index is 12.1. The molecule has 1 saturated heterocycles. The van der Waals surface area contributed by atoms with Crippen molar-refractivity contribution in [3.8, 4) is 0 Å². The molecule has 2 aliphatic rings. The van der Waals surface area contributed by atoms with Crippen LogP contribution in [0, 0.1) is 5.92 Å². The van der Waals surface area contributed by atoms with Crippen LogP contribution in [0.3, 0.4) is 0 Å². The van der Waals surface area contributed by atoms with Crippen LogP contribution in [0.1, 0.15) is 32.1 Å². The summed E-state index contributed by atoms with van der Waals surface area (Å²) in [5.41, 5.74) is 0. The topological polar surface area (TPSA) is 60.9 Å². The van der Waals surface area contributed by atoms with Gasteiger partial charge in [0.2, 0.25) is 5.91 Å². The predicted molar refractivity (Wildman–Crippen MR) is 77.3 cm³/mol. The maximum absolute atomic E-state index is 12.1. The van der Waals surface area contributed by atoms with Crippen LogP contribution in [-0.4, -0.2) is 68.1 Å². The Morgan fingerprint density at radius 3 is 2.35 bits per heavy atom. The van der Waals surface area contributed by atoms with E-state index < -0.39 is 10.2 Å². The Morgan fingerprint density at radius 2 is 1.80 bits per heavy atom. The normalized spacial score (nSPS) is 25.4. The second kappa shape index (κ2) is 5.99. The van der Waals surface area contributed by atoms with Crippen molar-refractivity contribution in [3.05, 3.63) is 0 Å². The lowest BCUT2D eigenvalue weighted by atomic mass is 10.1. The summed E-state index contributed by atoms with van der Waals surface area (Å²) >= 11 is 0. The SMILES string of the molecule is CN(C)S(=O)(=O)N(C)C[C@H]1CC(=O)N(C2CCCC2)C1. The third kappa shape index (κ3) is 3.15. The largest absolute Gasteiger partial charge is 0.339 e. The van der Waals surface area contributed by atoms with Crippen LogP contribution in [0.5, 0.6) is 0 Å².